The van der Waals surface area contributed by atoms with Gasteiger partial charge in [0.25, 0.3) is 0 Å². The average Bonchev–Trinajstić information content (AvgIpc) is 2.40. The molecular formula is C13H19N. The van der Waals surface area contributed by atoms with E-state index in [0.717, 1.165) is 0 Å². The molecule has 1 heteroatoms. The summed E-state index contributed by atoms with van der Waals surface area (Å²) in [6.45, 7) is 4.70. The second kappa shape index (κ2) is 3.72. The minimum Gasteiger partial charge on any atom is -0.264 e. The molecule has 0 saturated carbocycles. The van der Waals surface area contributed by atoms with E-state index in [2.05, 4.69) is 31.1 Å². The number of rotatable bonds is 1. The van der Waals surface area contributed by atoms with Crippen molar-refractivity contribution in [1.29, 1.82) is 0 Å². The van der Waals surface area contributed by atoms with E-state index in [4.69, 9.17) is 0 Å². The van der Waals surface area contributed by atoms with E-state index in [1.54, 1.807) is 5.56 Å². The molecule has 2 rings (SSSR count). The molecule has 1 heterocycles. The summed E-state index contributed by atoms with van der Waals surface area (Å²) in [4.78, 5) is 4.24. The Bertz CT molecular complexity index is 319. The van der Waals surface area contributed by atoms with Crippen LogP contribution in [-0.2, 0) is 11.8 Å². The molecule has 0 aromatic carbocycles. The minimum absolute atomic E-state index is 0.398. The van der Waals surface area contributed by atoms with Crippen LogP contribution in [0.2, 0.25) is 0 Å². The molecular weight excluding hydrogens is 170 g/mol. The normalized spacial score (nSPS) is 26.7. The molecule has 1 unspecified atom stereocenters. The molecule has 0 aliphatic heterocycles. The van der Waals surface area contributed by atoms with Gasteiger partial charge in [0, 0.05) is 12.4 Å². The predicted octanol–water partition coefficient (Wildman–Crippen LogP) is 3.48. The van der Waals surface area contributed by atoms with Crippen molar-refractivity contribution in [3.05, 3.63) is 29.6 Å². The van der Waals surface area contributed by atoms with E-state index in [1.165, 1.54) is 37.7 Å². The van der Waals surface area contributed by atoms with Crippen molar-refractivity contribution in [2.24, 2.45) is 0 Å². The maximum Gasteiger partial charge on any atom is 0.0302 e. The van der Waals surface area contributed by atoms with Crippen LogP contribution in [0.25, 0.3) is 0 Å². The van der Waals surface area contributed by atoms with Crippen molar-refractivity contribution >= 4 is 0 Å². The zero-order valence-electron chi connectivity index (χ0n) is 9.21. The maximum atomic E-state index is 4.24. The second-order valence-corrected chi connectivity index (χ2v) is 4.65. The monoisotopic (exact) mass is 189 g/mol. The third kappa shape index (κ3) is 1.56. The lowest BCUT2D eigenvalue weighted by atomic mass is 9.76. The molecule has 1 aliphatic rings. The quantitative estimate of drug-likeness (QED) is 0.616. The first-order valence-corrected chi connectivity index (χ1v) is 5.69. The third-order valence-corrected chi connectivity index (χ3v) is 3.76. The number of hydrogen-bond donors (Lipinski definition) is 0. The Labute approximate surface area is 86.6 Å². The first-order valence-electron chi connectivity index (χ1n) is 5.69. The molecule has 1 aromatic rings. The third-order valence-electron chi connectivity index (χ3n) is 3.76. The predicted molar refractivity (Wildman–Crippen MR) is 59.4 cm³/mol. The molecule has 1 atom stereocenters. The van der Waals surface area contributed by atoms with Crippen LogP contribution in [0.1, 0.15) is 50.7 Å². The minimum atomic E-state index is 0.398. The largest absolute Gasteiger partial charge is 0.264 e. The van der Waals surface area contributed by atoms with Crippen LogP contribution in [0.5, 0.6) is 0 Å². The molecule has 0 spiro atoms. The highest BCUT2D eigenvalue weighted by molar-refractivity contribution is 5.32. The van der Waals surface area contributed by atoms with Crippen LogP contribution < -0.4 is 0 Å². The van der Waals surface area contributed by atoms with Gasteiger partial charge in [-0.3, -0.25) is 4.98 Å². The van der Waals surface area contributed by atoms with Gasteiger partial charge in [0.05, 0.1) is 0 Å². The average molecular weight is 189 g/mol. The van der Waals surface area contributed by atoms with Gasteiger partial charge in [0.2, 0.25) is 0 Å². The molecule has 0 saturated heterocycles. The number of aromatic nitrogens is 1. The smallest absolute Gasteiger partial charge is 0.0302 e. The summed E-state index contributed by atoms with van der Waals surface area (Å²) in [5.41, 5.74) is 3.43. The van der Waals surface area contributed by atoms with E-state index in [0.29, 0.717) is 5.41 Å². The lowest BCUT2D eigenvalue weighted by Crippen LogP contribution is -2.21. The first kappa shape index (κ1) is 9.70. The lowest BCUT2D eigenvalue weighted by Gasteiger charge is -2.28. The van der Waals surface area contributed by atoms with Crippen molar-refractivity contribution in [2.45, 2.75) is 51.4 Å². The van der Waals surface area contributed by atoms with Crippen LogP contribution in [0.15, 0.2) is 18.5 Å². The summed E-state index contributed by atoms with van der Waals surface area (Å²) in [5, 5.41) is 0. The van der Waals surface area contributed by atoms with E-state index in [-0.39, 0.29) is 0 Å². The van der Waals surface area contributed by atoms with Crippen molar-refractivity contribution in [3.8, 4) is 0 Å². The molecule has 14 heavy (non-hydrogen) atoms. The number of aryl methyl sites for hydroxylation is 1. The van der Waals surface area contributed by atoms with Gasteiger partial charge in [-0.1, -0.05) is 20.3 Å². The highest BCUT2D eigenvalue weighted by Crippen LogP contribution is 2.37. The van der Waals surface area contributed by atoms with Gasteiger partial charge in [-0.15, -0.1) is 0 Å². The van der Waals surface area contributed by atoms with E-state index >= 15 is 0 Å². The Morgan fingerprint density at radius 3 is 3.07 bits per heavy atom. The Morgan fingerprint density at radius 2 is 2.29 bits per heavy atom. The standard InChI is InChI=1S/C13H19N/c1-3-13(2)8-5-4-6-11-10-14-9-7-12(11)13/h7,9-10H,3-6,8H2,1-2H3. The van der Waals surface area contributed by atoms with Crippen LogP contribution in [0, 0.1) is 0 Å². The number of hydrogen-bond acceptors (Lipinski definition) is 1. The van der Waals surface area contributed by atoms with Gasteiger partial charge in [0.15, 0.2) is 0 Å². The van der Waals surface area contributed by atoms with Crippen LogP contribution in [0.3, 0.4) is 0 Å². The maximum absolute atomic E-state index is 4.24. The zero-order valence-corrected chi connectivity index (χ0v) is 9.21. The summed E-state index contributed by atoms with van der Waals surface area (Å²) >= 11 is 0. The van der Waals surface area contributed by atoms with Gasteiger partial charge in [0.1, 0.15) is 0 Å². The van der Waals surface area contributed by atoms with Gasteiger partial charge < -0.3 is 0 Å². The van der Waals surface area contributed by atoms with Crippen LogP contribution in [0.4, 0.5) is 0 Å². The van der Waals surface area contributed by atoms with Gasteiger partial charge in [-0.05, 0) is 48.3 Å². The fourth-order valence-corrected chi connectivity index (χ4v) is 2.55. The van der Waals surface area contributed by atoms with Crippen molar-refractivity contribution in [1.82, 2.24) is 4.98 Å². The Hall–Kier alpha value is -0.850. The number of pyridine rings is 1. The summed E-state index contributed by atoms with van der Waals surface area (Å²) in [5.74, 6) is 0. The molecule has 0 N–H and O–H groups in total. The molecule has 0 bridgehead atoms. The number of fused-ring (bicyclic) bond motifs is 1. The molecule has 76 valence electrons. The SMILES string of the molecule is CCC1(C)CCCCc2cnccc21. The second-order valence-electron chi connectivity index (χ2n) is 4.65. The van der Waals surface area contributed by atoms with Crippen molar-refractivity contribution in [2.75, 3.05) is 0 Å². The highest BCUT2D eigenvalue weighted by Gasteiger charge is 2.28. The summed E-state index contributed by atoms with van der Waals surface area (Å²) < 4.78 is 0. The molecule has 1 aliphatic carbocycles. The Balaban J connectivity index is 2.47. The fourth-order valence-electron chi connectivity index (χ4n) is 2.55. The summed E-state index contributed by atoms with van der Waals surface area (Å²) in [6, 6.07) is 2.23. The van der Waals surface area contributed by atoms with Gasteiger partial charge in [-0.2, -0.15) is 0 Å². The topological polar surface area (TPSA) is 12.9 Å². The zero-order chi connectivity index (χ0) is 10.0. The highest BCUT2D eigenvalue weighted by atomic mass is 14.6. The van der Waals surface area contributed by atoms with Gasteiger partial charge in [-0.25, -0.2) is 0 Å². The summed E-state index contributed by atoms with van der Waals surface area (Å²) in [6.07, 6.45) is 10.5. The Kier molecular flexibility index (Phi) is 2.58. The lowest BCUT2D eigenvalue weighted by molar-refractivity contribution is 0.411. The number of nitrogens with zero attached hydrogens (tertiary/aromatic N) is 1. The van der Waals surface area contributed by atoms with Crippen LogP contribution >= 0.6 is 0 Å². The summed E-state index contributed by atoms with van der Waals surface area (Å²) in [7, 11) is 0. The molecule has 0 radical (unpaired) electrons. The molecule has 0 amide bonds. The van der Waals surface area contributed by atoms with E-state index in [1.807, 2.05) is 6.20 Å². The van der Waals surface area contributed by atoms with E-state index < -0.39 is 0 Å². The molecule has 0 fully saturated rings. The van der Waals surface area contributed by atoms with Crippen molar-refractivity contribution < 1.29 is 0 Å². The fraction of sp³-hybridized carbons (Fsp3) is 0.615. The molecule has 1 aromatic heterocycles. The van der Waals surface area contributed by atoms with Crippen molar-refractivity contribution in [3.63, 3.8) is 0 Å². The molecule has 1 nitrogen and oxygen atoms in total. The van der Waals surface area contributed by atoms with E-state index in [9.17, 15) is 0 Å². The van der Waals surface area contributed by atoms with Crippen LogP contribution in [-0.4, -0.2) is 4.98 Å². The Morgan fingerprint density at radius 1 is 1.43 bits per heavy atom. The van der Waals surface area contributed by atoms with Gasteiger partial charge >= 0.3 is 0 Å². The first-order chi connectivity index (χ1) is 6.76.